The molecule has 1 heterocycles. The van der Waals surface area contributed by atoms with Crippen LogP contribution in [-0.4, -0.2) is 10.2 Å². The molecule has 2 aromatic carbocycles. The summed E-state index contributed by atoms with van der Waals surface area (Å²) in [6.45, 7) is 1.88. The molecule has 0 amide bonds. The molecule has 0 aromatic heterocycles. The molecule has 0 spiro atoms. The molecule has 4 rings (SSSR count). The van der Waals surface area contributed by atoms with Crippen molar-refractivity contribution in [1.29, 1.82) is 0 Å². The third-order valence-corrected chi connectivity index (χ3v) is 4.38. The molecule has 1 aliphatic heterocycles. The first kappa shape index (κ1) is 15.4. The van der Waals surface area contributed by atoms with Gasteiger partial charge in [0.25, 0.3) is 0 Å². The zero-order chi connectivity index (χ0) is 17.6. The van der Waals surface area contributed by atoms with Crippen molar-refractivity contribution in [1.82, 2.24) is 0 Å². The lowest BCUT2D eigenvalue weighted by Crippen LogP contribution is -2.01. The molecule has 2 aromatic rings. The summed E-state index contributed by atoms with van der Waals surface area (Å²) in [5, 5.41) is 20.4. The lowest BCUT2D eigenvalue weighted by molar-refractivity contribution is 0.282. The molecule has 0 atom stereocenters. The first-order chi connectivity index (χ1) is 12.1. The van der Waals surface area contributed by atoms with Crippen molar-refractivity contribution in [3.05, 3.63) is 75.9 Å². The van der Waals surface area contributed by atoms with Gasteiger partial charge in [-0.3, -0.25) is 4.79 Å². The quantitative estimate of drug-likeness (QED) is 0.543. The maximum atomic E-state index is 11.8. The van der Waals surface area contributed by atoms with Crippen molar-refractivity contribution in [3.8, 4) is 28.2 Å². The number of hydrogen-bond donors (Lipinski definition) is 2. The van der Waals surface area contributed by atoms with Gasteiger partial charge in [-0.25, -0.2) is 0 Å². The fourth-order valence-corrected chi connectivity index (χ4v) is 3.25. The normalized spacial score (nSPS) is 11.3. The number of phenols is 1. The van der Waals surface area contributed by atoms with Crippen LogP contribution in [0.25, 0.3) is 33.4 Å². The van der Waals surface area contributed by atoms with Crippen molar-refractivity contribution in [2.75, 3.05) is 0 Å². The third-order valence-electron chi connectivity index (χ3n) is 4.38. The first-order valence-corrected chi connectivity index (χ1v) is 7.97. The van der Waals surface area contributed by atoms with Crippen LogP contribution in [0, 0.1) is 6.92 Å². The lowest BCUT2D eigenvalue weighted by Gasteiger charge is -2.17. The van der Waals surface area contributed by atoms with Crippen molar-refractivity contribution >= 4 is 11.0 Å². The Labute approximate surface area is 143 Å². The molecule has 4 nitrogen and oxygen atoms in total. The zero-order valence-corrected chi connectivity index (χ0v) is 13.6. The van der Waals surface area contributed by atoms with Gasteiger partial charge in [-0.2, -0.15) is 0 Å². The summed E-state index contributed by atoms with van der Waals surface area (Å²) in [4.78, 5) is 11.8. The fraction of sp³-hybridized carbons (Fsp3) is 0.0952. The molecule has 2 N–H and O–H groups in total. The van der Waals surface area contributed by atoms with E-state index in [1.165, 1.54) is 18.2 Å². The van der Waals surface area contributed by atoms with E-state index in [1.54, 1.807) is 18.2 Å². The summed E-state index contributed by atoms with van der Waals surface area (Å²) >= 11 is 0. The fourth-order valence-electron chi connectivity index (χ4n) is 3.25. The summed E-state index contributed by atoms with van der Waals surface area (Å²) in [5.41, 5.74) is 4.74. The highest BCUT2D eigenvalue weighted by Crippen LogP contribution is 2.41. The predicted molar refractivity (Wildman–Crippen MR) is 96.9 cm³/mol. The second kappa shape index (κ2) is 5.76. The molecule has 25 heavy (non-hydrogen) atoms. The number of hydrogen-bond acceptors (Lipinski definition) is 4. The van der Waals surface area contributed by atoms with E-state index in [2.05, 4.69) is 0 Å². The van der Waals surface area contributed by atoms with Gasteiger partial charge in [0.2, 0.25) is 0 Å². The number of fused-ring (bicyclic) bond motifs is 2. The standard InChI is InChI=1S/C21H16O4/c1-12-2-5-16(13(8-12)11-22)21-17-6-3-14(23)9-19(17)25-20-10-15(24)4-7-18(20)21/h2-10,22-23H,11H2,1H3. The molecule has 1 aliphatic carbocycles. The molecular formula is C21H16O4. The molecule has 0 unspecified atom stereocenters. The maximum Gasteiger partial charge on any atom is 0.182 e. The van der Waals surface area contributed by atoms with E-state index >= 15 is 0 Å². The molecule has 124 valence electrons. The molecule has 0 bridgehead atoms. The lowest BCUT2D eigenvalue weighted by atomic mass is 9.90. The minimum Gasteiger partial charge on any atom is -0.508 e. The average molecular weight is 332 g/mol. The highest BCUT2D eigenvalue weighted by atomic mass is 16.3. The summed E-state index contributed by atoms with van der Waals surface area (Å²) in [5.74, 6) is 0.538. The predicted octanol–water partition coefficient (Wildman–Crippen LogP) is 4.07. The number of aryl methyl sites for hydroxylation is 1. The van der Waals surface area contributed by atoms with Gasteiger partial charge in [-0.1, -0.05) is 23.8 Å². The number of aromatic hydroxyl groups is 1. The summed E-state index contributed by atoms with van der Waals surface area (Å²) in [7, 11) is 0. The van der Waals surface area contributed by atoms with E-state index in [0.717, 1.165) is 33.2 Å². The number of aliphatic hydroxyl groups excluding tert-OH is 1. The molecule has 0 saturated heterocycles. The van der Waals surface area contributed by atoms with Crippen molar-refractivity contribution in [2.24, 2.45) is 0 Å². The second-order valence-corrected chi connectivity index (χ2v) is 6.13. The summed E-state index contributed by atoms with van der Waals surface area (Å²) in [6.07, 6.45) is 0. The molecule has 0 saturated carbocycles. The van der Waals surface area contributed by atoms with Crippen LogP contribution in [0.5, 0.6) is 5.75 Å². The van der Waals surface area contributed by atoms with Crippen molar-refractivity contribution in [2.45, 2.75) is 13.5 Å². The summed E-state index contributed by atoms with van der Waals surface area (Å²) < 4.78 is 5.84. The van der Waals surface area contributed by atoms with E-state index in [4.69, 9.17) is 4.42 Å². The SMILES string of the molecule is Cc1ccc(-c2c3ccc(=O)cc-3oc3cc(O)ccc23)c(CO)c1. The van der Waals surface area contributed by atoms with Gasteiger partial charge < -0.3 is 14.6 Å². The van der Waals surface area contributed by atoms with Gasteiger partial charge >= 0.3 is 0 Å². The Balaban J connectivity index is 2.19. The summed E-state index contributed by atoms with van der Waals surface area (Å²) in [6, 6.07) is 15.5. The van der Waals surface area contributed by atoms with E-state index < -0.39 is 0 Å². The Morgan fingerprint density at radius 2 is 1.76 bits per heavy atom. The van der Waals surface area contributed by atoms with Crippen LogP contribution < -0.4 is 5.43 Å². The van der Waals surface area contributed by atoms with Gasteiger partial charge in [0.05, 0.1) is 6.61 Å². The minimum absolute atomic E-state index is 0.0890. The minimum atomic E-state index is -0.145. The van der Waals surface area contributed by atoms with Crippen LogP contribution >= 0.6 is 0 Å². The monoisotopic (exact) mass is 332 g/mol. The average Bonchev–Trinajstić information content (AvgIpc) is 2.59. The topological polar surface area (TPSA) is 70.7 Å². The maximum absolute atomic E-state index is 11.8. The zero-order valence-electron chi connectivity index (χ0n) is 13.6. The number of rotatable bonds is 2. The molecule has 0 fully saturated rings. The highest BCUT2D eigenvalue weighted by Gasteiger charge is 2.19. The largest absolute Gasteiger partial charge is 0.508 e. The van der Waals surface area contributed by atoms with Crippen molar-refractivity contribution in [3.63, 3.8) is 0 Å². The van der Waals surface area contributed by atoms with Gasteiger partial charge in [0, 0.05) is 28.6 Å². The van der Waals surface area contributed by atoms with Gasteiger partial charge in [0.1, 0.15) is 17.1 Å². The van der Waals surface area contributed by atoms with Gasteiger partial charge in [-0.05, 0) is 42.3 Å². The Hall–Kier alpha value is -3.11. The highest BCUT2D eigenvalue weighted by molar-refractivity contribution is 6.02. The third kappa shape index (κ3) is 2.57. The van der Waals surface area contributed by atoms with E-state index in [0.29, 0.717) is 11.3 Å². The Morgan fingerprint density at radius 3 is 2.56 bits per heavy atom. The Morgan fingerprint density at radius 1 is 0.960 bits per heavy atom. The van der Waals surface area contributed by atoms with Crippen LogP contribution in [0.2, 0.25) is 0 Å². The van der Waals surface area contributed by atoms with E-state index in [-0.39, 0.29) is 17.8 Å². The van der Waals surface area contributed by atoms with Gasteiger partial charge in [0.15, 0.2) is 5.43 Å². The van der Waals surface area contributed by atoms with E-state index in [1.807, 2.05) is 25.1 Å². The molecule has 4 heteroatoms. The molecule has 2 aliphatic rings. The smallest absolute Gasteiger partial charge is 0.182 e. The van der Waals surface area contributed by atoms with Crippen LogP contribution in [0.3, 0.4) is 0 Å². The van der Waals surface area contributed by atoms with Crippen LogP contribution in [0.15, 0.2) is 63.8 Å². The van der Waals surface area contributed by atoms with Crippen LogP contribution in [0.4, 0.5) is 0 Å². The number of phenolic OH excluding ortho intramolecular Hbond substituents is 1. The second-order valence-electron chi connectivity index (χ2n) is 6.13. The van der Waals surface area contributed by atoms with Crippen LogP contribution in [-0.2, 0) is 6.61 Å². The van der Waals surface area contributed by atoms with Gasteiger partial charge in [-0.15, -0.1) is 0 Å². The Bertz CT molecular complexity index is 1120. The number of benzene rings is 3. The van der Waals surface area contributed by atoms with Crippen LogP contribution in [0.1, 0.15) is 11.1 Å². The molecular weight excluding hydrogens is 316 g/mol. The number of aliphatic hydroxyl groups is 1. The van der Waals surface area contributed by atoms with Crippen molar-refractivity contribution < 1.29 is 14.6 Å². The molecule has 0 radical (unpaired) electrons. The Kier molecular flexibility index (Phi) is 3.55. The first-order valence-electron chi connectivity index (χ1n) is 7.97. The van der Waals surface area contributed by atoms with E-state index in [9.17, 15) is 15.0 Å².